The van der Waals surface area contributed by atoms with Crippen LogP contribution in [0.4, 0.5) is 15.8 Å². The minimum atomic E-state index is -0.380. The number of hydrogen-bond acceptors (Lipinski definition) is 5. The fourth-order valence-electron chi connectivity index (χ4n) is 5.61. The molecule has 7 nitrogen and oxygen atoms in total. The molecule has 5 rings (SSSR count). The van der Waals surface area contributed by atoms with Crippen LogP contribution in [0.5, 0.6) is 0 Å². The number of tetrazole rings is 1. The Morgan fingerprint density at radius 1 is 0.974 bits per heavy atom. The van der Waals surface area contributed by atoms with Crippen LogP contribution in [0, 0.1) is 5.82 Å². The summed E-state index contributed by atoms with van der Waals surface area (Å²) in [5.74, 6) is -0.147. The third-order valence-corrected chi connectivity index (χ3v) is 7.65. The quantitative estimate of drug-likeness (QED) is 0.204. The van der Waals surface area contributed by atoms with Crippen molar-refractivity contribution in [1.29, 1.82) is 0 Å². The van der Waals surface area contributed by atoms with E-state index >= 15 is 0 Å². The van der Waals surface area contributed by atoms with E-state index < -0.39 is 0 Å². The van der Waals surface area contributed by atoms with Gasteiger partial charge in [-0.1, -0.05) is 87.6 Å². The molecule has 4 aromatic rings. The molecule has 0 bridgehead atoms. The number of H-pyrrole nitrogens is 1. The van der Waals surface area contributed by atoms with Crippen LogP contribution < -0.4 is 10.6 Å². The summed E-state index contributed by atoms with van der Waals surface area (Å²) in [6.45, 7) is 2.22. The number of carbonyl (C=O) groups is 1. The molecule has 1 fully saturated rings. The van der Waals surface area contributed by atoms with Gasteiger partial charge in [0.15, 0.2) is 0 Å². The van der Waals surface area contributed by atoms with E-state index in [1.807, 2.05) is 36.4 Å². The Morgan fingerprint density at radius 3 is 2.49 bits per heavy atom. The lowest BCUT2D eigenvalue weighted by Gasteiger charge is -2.40. The summed E-state index contributed by atoms with van der Waals surface area (Å²) in [6, 6.07) is 20.3. The van der Waals surface area contributed by atoms with Crippen LogP contribution in [0.15, 0.2) is 66.7 Å². The van der Waals surface area contributed by atoms with Crippen LogP contribution in [0.3, 0.4) is 0 Å². The van der Waals surface area contributed by atoms with Gasteiger partial charge in [-0.2, -0.15) is 5.21 Å². The predicted molar refractivity (Wildman–Crippen MR) is 153 cm³/mol. The van der Waals surface area contributed by atoms with Crippen LogP contribution in [0.2, 0.25) is 0 Å². The molecule has 0 spiro atoms. The van der Waals surface area contributed by atoms with Crippen molar-refractivity contribution in [2.45, 2.75) is 70.3 Å². The SMILES string of the molecule is CCCCC1(Nc2ccc(-c3ccccc3-c3nn[nH]n3)cc2NC(=O)Cc2ccccc2F)CCCCC1. The van der Waals surface area contributed by atoms with Crippen molar-refractivity contribution in [1.82, 2.24) is 20.6 Å². The molecule has 1 aliphatic carbocycles. The highest BCUT2D eigenvalue weighted by Crippen LogP contribution is 2.40. The van der Waals surface area contributed by atoms with E-state index in [1.54, 1.807) is 18.2 Å². The van der Waals surface area contributed by atoms with Crippen molar-refractivity contribution >= 4 is 17.3 Å². The Hall–Kier alpha value is -4.07. The highest BCUT2D eigenvalue weighted by Gasteiger charge is 2.32. The van der Waals surface area contributed by atoms with Crippen LogP contribution >= 0.6 is 0 Å². The molecule has 39 heavy (non-hydrogen) atoms. The van der Waals surface area contributed by atoms with E-state index in [0.717, 1.165) is 54.5 Å². The number of amides is 1. The lowest BCUT2D eigenvalue weighted by Crippen LogP contribution is -2.40. The monoisotopic (exact) mass is 526 g/mol. The van der Waals surface area contributed by atoms with Crippen molar-refractivity contribution in [2.24, 2.45) is 0 Å². The third-order valence-electron chi connectivity index (χ3n) is 7.65. The molecule has 1 heterocycles. The van der Waals surface area contributed by atoms with Crippen molar-refractivity contribution < 1.29 is 9.18 Å². The summed E-state index contributed by atoms with van der Waals surface area (Å²) in [7, 11) is 0. The van der Waals surface area contributed by atoms with Crippen molar-refractivity contribution in [3.8, 4) is 22.5 Å². The minimum Gasteiger partial charge on any atom is -0.378 e. The average molecular weight is 527 g/mol. The number of unbranched alkanes of at least 4 members (excludes halogenated alkanes) is 1. The van der Waals surface area contributed by atoms with Crippen molar-refractivity contribution in [3.05, 3.63) is 78.1 Å². The molecule has 0 atom stereocenters. The Bertz CT molecular complexity index is 1400. The number of carbonyl (C=O) groups excluding carboxylic acids is 1. The zero-order valence-electron chi connectivity index (χ0n) is 22.3. The summed E-state index contributed by atoms with van der Waals surface area (Å²) in [6.07, 6.45) is 9.21. The highest BCUT2D eigenvalue weighted by molar-refractivity contribution is 5.97. The number of hydrogen-bond donors (Lipinski definition) is 3. The number of anilines is 2. The Kier molecular flexibility index (Phi) is 8.30. The van der Waals surface area contributed by atoms with Crippen molar-refractivity contribution in [3.63, 3.8) is 0 Å². The first kappa shape index (κ1) is 26.5. The number of nitrogens with one attached hydrogen (secondary N) is 3. The summed E-state index contributed by atoms with van der Waals surface area (Å²) in [4.78, 5) is 13.2. The molecule has 0 aliphatic heterocycles. The number of benzene rings is 3. The lowest BCUT2D eigenvalue weighted by molar-refractivity contribution is -0.115. The van der Waals surface area contributed by atoms with Gasteiger partial charge < -0.3 is 10.6 Å². The van der Waals surface area contributed by atoms with E-state index in [2.05, 4.69) is 44.2 Å². The molecule has 3 N–H and O–H groups in total. The van der Waals surface area contributed by atoms with Gasteiger partial charge in [0.25, 0.3) is 0 Å². The van der Waals surface area contributed by atoms with Gasteiger partial charge in [0.1, 0.15) is 5.82 Å². The number of aromatic amines is 1. The Morgan fingerprint density at radius 2 is 1.74 bits per heavy atom. The molecule has 8 heteroatoms. The van der Waals surface area contributed by atoms with Gasteiger partial charge >= 0.3 is 0 Å². The Balaban J connectivity index is 1.51. The molecule has 0 radical (unpaired) electrons. The van der Waals surface area contributed by atoms with Gasteiger partial charge in [-0.3, -0.25) is 4.79 Å². The van der Waals surface area contributed by atoms with E-state index in [-0.39, 0.29) is 23.7 Å². The number of halogens is 1. The molecule has 0 saturated heterocycles. The summed E-state index contributed by atoms with van der Waals surface area (Å²) >= 11 is 0. The van der Waals surface area contributed by atoms with Crippen LogP contribution in [0.1, 0.15) is 63.9 Å². The van der Waals surface area contributed by atoms with Gasteiger partial charge in [-0.25, -0.2) is 4.39 Å². The molecule has 3 aromatic carbocycles. The van der Waals surface area contributed by atoms with Crippen molar-refractivity contribution in [2.75, 3.05) is 10.6 Å². The van der Waals surface area contributed by atoms with Gasteiger partial charge in [-0.05, 0) is 59.4 Å². The predicted octanol–water partition coefficient (Wildman–Crippen LogP) is 7.16. The second-order valence-corrected chi connectivity index (χ2v) is 10.4. The maximum absolute atomic E-state index is 14.3. The number of rotatable bonds is 10. The fraction of sp³-hybridized carbons (Fsp3) is 0.355. The standard InChI is InChI=1S/C31H35FN6O/c1-2-3-17-31(18-9-4-10-19-31)34-27-16-15-22(24-12-6-7-13-25(24)30-35-37-38-36-30)20-28(27)33-29(39)21-23-11-5-8-14-26(23)32/h5-8,11-16,20,34H,2-4,9-10,17-19,21H2,1H3,(H,33,39)(H,35,36,37,38). The molecule has 1 saturated carbocycles. The number of aromatic nitrogens is 4. The third kappa shape index (κ3) is 6.33. The van der Waals surface area contributed by atoms with Crippen LogP contribution in [0.25, 0.3) is 22.5 Å². The molecular weight excluding hydrogens is 491 g/mol. The summed E-state index contributed by atoms with van der Waals surface area (Å²) < 4.78 is 14.3. The lowest BCUT2D eigenvalue weighted by atomic mass is 9.78. The minimum absolute atomic E-state index is 0.00331. The van der Waals surface area contributed by atoms with E-state index in [9.17, 15) is 9.18 Å². The fourth-order valence-corrected chi connectivity index (χ4v) is 5.61. The first-order valence-corrected chi connectivity index (χ1v) is 13.9. The number of nitrogens with zero attached hydrogens (tertiary/aromatic N) is 3. The summed E-state index contributed by atoms with van der Waals surface area (Å²) in [5.41, 5.74) is 4.61. The molecule has 0 unspecified atom stereocenters. The largest absolute Gasteiger partial charge is 0.378 e. The maximum Gasteiger partial charge on any atom is 0.228 e. The smallest absolute Gasteiger partial charge is 0.228 e. The van der Waals surface area contributed by atoms with E-state index in [1.165, 1.54) is 25.3 Å². The second kappa shape index (κ2) is 12.2. The first-order valence-electron chi connectivity index (χ1n) is 13.9. The highest BCUT2D eigenvalue weighted by atomic mass is 19.1. The molecular formula is C31H35FN6O. The second-order valence-electron chi connectivity index (χ2n) is 10.4. The normalized spacial score (nSPS) is 14.6. The summed E-state index contributed by atoms with van der Waals surface area (Å²) in [5, 5.41) is 21.5. The van der Waals surface area contributed by atoms with Gasteiger partial charge in [0, 0.05) is 11.1 Å². The van der Waals surface area contributed by atoms with Crippen LogP contribution in [-0.2, 0) is 11.2 Å². The van der Waals surface area contributed by atoms with E-state index in [4.69, 9.17) is 0 Å². The first-order chi connectivity index (χ1) is 19.1. The average Bonchev–Trinajstić information content (AvgIpc) is 3.50. The molecule has 1 aliphatic rings. The zero-order valence-corrected chi connectivity index (χ0v) is 22.3. The topological polar surface area (TPSA) is 95.6 Å². The van der Waals surface area contributed by atoms with Gasteiger partial charge in [-0.15, -0.1) is 10.2 Å². The molecule has 202 valence electrons. The Labute approximate surface area is 228 Å². The molecule has 1 aromatic heterocycles. The van der Waals surface area contributed by atoms with E-state index in [0.29, 0.717) is 17.1 Å². The maximum atomic E-state index is 14.3. The van der Waals surface area contributed by atoms with Gasteiger partial charge in [0.2, 0.25) is 11.7 Å². The zero-order chi connectivity index (χ0) is 27.1. The van der Waals surface area contributed by atoms with Crippen LogP contribution in [-0.4, -0.2) is 32.1 Å². The van der Waals surface area contributed by atoms with Gasteiger partial charge in [0.05, 0.1) is 17.8 Å². The molecule has 1 amide bonds.